The third-order valence-electron chi connectivity index (χ3n) is 3.90. The molecule has 2 atom stereocenters. The molecule has 1 saturated heterocycles. The molecule has 3 N–H and O–H groups in total. The van der Waals surface area contributed by atoms with Gasteiger partial charge in [0.1, 0.15) is 0 Å². The van der Waals surface area contributed by atoms with Gasteiger partial charge in [0.15, 0.2) is 5.84 Å². The summed E-state index contributed by atoms with van der Waals surface area (Å²) in [5.74, 6) is 0.130. The lowest BCUT2D eigenvalue weighted by atomic mass is 10.1. The Morgan fingerprint density at radius 3 is 3.00 bits per heavy atom. The number of fused-ring (bicyclic) bond motifs is 1. The van der Waals surface area contributed by atoms with Crippen LogP contribution in [0.1, 0.15) is 25.3 Å². The fourth-order valence-electron chi connectivity index (χ4n) is 2.80. The second-order valence-electron chi connectivity index (χ2n) is 5.37. The molecule has 0 radical (unpaired) electrons. The molecular formula is C15H19N3O2. The van der Waals surface area contributed by atoms with E-state index >= 15 is 0 Å². The normalized spacial score (nSPS) is 23.6. The van der Waals surface area contributed by atoms with Crippen molar-refractivity contribution in [2.75, 3.05) is 0 Å². The van der Waals surface area contributed by atoms with Crippen LogP contribution in [-0.2, 0) is 11.3 Å². The number of hydrogen-bond donors (Lipinski definition) is 2. The van der Waals surface area contributed by atoms with E-state index in [-0.39, 0.29) is 11.9 Å². The largest absolute Gasteiger partial charge is 0.409 e. The highest BCUT2D eigenvalue weighted by atomic mass is 16.5. The van der Waals surface area contributed by atoms with E-state index in [1.54, 1.807) is 0 Å². The first-order valence-corrected chi connectivity index (χ1v) is 6.89. The number of aromatic nitrogens is 1. The lowest BCUT2D eigenvalue weighted by molar-refractivity contribution is 0.0465. The van der Waals surface area contributed by atoms with E-state index in [0.717, 1.165) is 35.9 Å². The highest BCUT2D eigenvalue weighted by molar-refractivity contribution is 6.00. The van der Waals surface area contributed by atoms with Crippen LogP contribution in [0.5, 0.6) is 0 Å². The molecule has 2 heterocycles. The summed E-state index contributed by atoms with van der Waals surface area (Å²) in [6.45, 7) is 2.96. The molecule has 1 aliphatic heterocycles. The molecule has 5 nitrogen and oxygen atoms in total. The summed E-state index contributed by atoms with van der Waals surface area (Å²) in [4.78, 5) is 0. The Morgan fingerprint density at radius 2 is 2.30 bits per heavy atom. The zero-order valence-electron chi connectivity index (χ0n) is 11.5. The Hall–Kier alpha value is -2.01. The number of amidine groups is 1. The maximum atomic E-state index is 8.78. The number of hydrogen-bond acceptors (Lipinski definition) is 3. The van der Waals surface area contributed by atoms with Crippen LogP contribution in [0.4, 0.5) is 0 Å². The minimum atomic E-state index is 0.130. The molecule has 5 heteroatoms. The van der Waals surface area contributed by atoms with E-state index in [4.69, 9.17) is 15.7 Å². The van der Waals surface area contributed by atoms with E-state index in [2.05, 4.69) is 28.9 Å². The lowest BCUT2D eigenvalue weighted by Gasteiger charge is -2.13. The van der Waals surface area contributed by atoms with Gasteiger partial charge in [0.25, 0.3) is 0 Å². The van der Waals surface area contributed by atoms with Gasteiger partial charge in [0, 0.05) is 23.8 Å². The van der Waals surface area contributed by atoms with Crippen molar-refractivity contribution in [2.24, 2.45) is 10.9 Å². The van der Waals surface area contributed by atoms with Gasteiger partial charge in [0.2, 0.25) is 0 Å². The van der Waals surface area contributed by atoms with E-state index in [1.165, 1.54) is 0 Å². The van der Waals surface area contributed by atoms with Gasteiger partial charge >= 0.3 is 0 Å². The number of oxime groups is 1. The Kier molecular flexibility index (Phi) is 3.36. The van der Waals surface area contributed by atoms with Crippen molar-refractivity contribution < 1.29 is 9.94 Å². The summed E-state index contributed by atoms with van der Waals surface area (Å²) in [6.07, 6.45) is 4.91. The Balaban J connectivity index is 1.91. The second-order valence-corrected chi connectivity index (χ2v) is 5.37. The summed E-state index contributed by atoms with van der Waals surface area (Å²) in [6, 6.07) is 7.86. The van der Waals surface area contributed by atoms with E-state index in [1.807, 2.05) is 18.2 Å². The Morgan fingerprint density at radius 1 is 1.45 bits per heavy atom. The molecule has 1 aliphatic rings. The van der Waals surface area contributed by atoms with Gasteiger partial charge in [0.05, 0.1) is 12.2 Å². The lowest BCUT2D eigenvalue weighted by Crippen LogP contribution is -2.16. The summed E-state index contributed by atoms with van der Waals surface area (Å²) < 4.78 is 8.05. The van der Waals surface area contributed by atoms with Gasteiger partial charge < -0.3 is 20.2 Å². The molecule has 0 spiro atoms. The minimum absolute atomic E-state index is 0.130. The first kappa shape index (κ1) is 13.0. The van der Waals surface area contributed by atoms with Gasteiger partial charge in [-0.15, -0.1) is 0 Å². The monoisotopic (exact) mass is 273 g/mol. The summed E-state index contributed by atoms with van der Waals surface area (Å²) in [7, 11) is 0. The third-order valence-corrected chi connectivity index (χ3v) is 3.90. The number of ether oxygens (including phenoxy) is 1. The molecule has 0 aliphatic carbocycles. The van der Waals surface area contributed by atoms with Gasteiger partial charge in [-0.3, -0.25) is 0 Å². The predicted octanol–water partition coefficient (Wildman–Crippen LogP) is 2.30. The van der Waals surface area contributed by atoms with E-state index < -0.39 is 0 Å². The smallest absolute Gasteiger partial charge is 0.170 e. The molecule has 0 saturated carbocycles. The molecule has 2 unspecified atom stereocenters. The van der Waals surface area contributed by atoms with Crippen LogP contribution in [0, 0.1) is 0 Å². The highest BCUT2D eigenvalue weighted by Gasteiger charge is 2.22. The summed E-state index contributed by atoms with van der Waals surface area (Å²) >= 11 is 0. The Bertz CT molecular complexity index is 648. The van der Waals surface area contributed by atoms with Crippen molar-refractivity contribution in [3.63, 3.8) is 0 Å². The molecule has 0 bridgehead atoms. The topological polar surface area (TPSA) is 72.8 Å². The minimum Gasteiger partial charge on any atom is -0.409 e. The fourth-order valence-corrected chi connectivity index (χ4v) is 2.80. The van der Waals surface area contributed by atoms with Crippen molar-refractivity contribution in [3.05, 3.63) is 36.0 Å². The van der Waals surface area contributed by atoms with E-state index in [9.17, 15) is 0 Å². The average Bonchev–Trinajstić information content (AvgIpc) is 3.05. The second kappa shape index (κ2) is 5.17. The molecule has 20 heavy (non-hydrogen) atoms. The number of benzene rings is 1. The quantitative estimate of drug-likeness (QED) is 0.390. The SMILES string of the molecule is CC1CCC(Cn2ccc3ccc(/C(N)=N/O)cc32)O1. The fraction of sp³-hybridized carbons (Fsp3) is 0.400. The Labute approximate surface area is 117 Å². The first-order valence-electron chi connectivity index (χ1n) is 6.89. The van der Waals surface area contributed by atoms with Crippen molar-refractivity contribution in [2.45, 2.75) is 38.5 Å². The molecule has 2 aromatic rings. The molecule has 0 amide bonds. The van der Waals surface area contributed by atoms with Crippen molar-refractivity contribution in [1.29, 1.82) is 0 Å². The zero-order chi connectivity index (χ0) is 14.1. The van der Waals surface area contributed by atoms with Crippen LogP contribution in [0.2, 0.25) is 0 Å². The van der Waals surface area contributed by atoms with Gasteiger partial charge in [-0.2, -0.15) is 0 Å². The van der Waals surface area contributed by atoms with Crippen LogP contribution < -0.4 is 5.73 Å². The number of nitrogens with zero attached hydrogens (tertiary/aromatic N) is 2. The third kappa shape index (κ3) is 2.36. The maximum Gasteiger partial charge on any atom is 0.170 e. The molecule has 1 aromatic heterocycles. The first-order chi connectivity index (χ1) is 9.67. The standard InChI is InChI=1S/C15H19N3O2/c1-10-2-5-13(20-10)9-18-7-6-11-3-4-12(8-14(11)18)15(16)17-19/h3-4,6-8,10,13,19H,2,5,9H2,1H3,(H2,16,17). The summed E-state index contributed by atoms with van der Waals surface area (Å²) in [5, 5.41) is 13.0. The van der Waals surface area contributed by atoms with Gasteiger partial charge in [-0.05, 0) is 37.3 Å². The predicted molar refractivity (Wildman–Crippen MR) is 78.0 cm³/mol. The van der Waals surface area contributed by atoms with Gasteiger partial charge in [-0.1, -0.05) is 17.3 Å². The van der Waals surface area contributed by atoms with Crippen LogP contribution in [-0.4, -0.2) is 27.8 Å². The van der Waals surface area contributed by atoms with Crippen LogP contribution in [0.25, 0.3) is 10.9 Å². The van der Waals surface area contributed by atoms with Crippen molar-refractivity contribution >= 4 is 16.7 Å². The van der Waals surface area contributed by atoms with Crippen molar-refractivity contribution in [3.8, 4) is 0 Å². The average molecular weight is 273 g/mol. The molecule has 1 aromatic carbocycles. The van der Waals surface area contributed by atoms with Gasteiger partial charge in [-0.25, -0.2) is 0 Å². The summed E-state index contributed by atoms with van der Waals surface area (Å²) in [5.41, 5.74) is 7.46. The molecule has 106 valence electrons. The van der Waals surface area contributed by atoms with Crippen LogP contribution in [0.15, 0.2) is 35.6 Å². The zero-order valence-corrected chi connectivity index (χ0v) is 11.5. The number of rotatable bonds is 3. The van der Waals surface area contributed by atoms with Crippen LogP contribution in [0.3, 0.4) is 0 Å². The highest BCUT2D eigenvalue weighted by Crippen LogP contribution is 2.23. The molecular weight excluding hydrogens is 254 g/mol. The van der Waals surface area contributed by atoms with Crippen molar-refractivity contribution in [1.82, 2.24) is 4.57 Å². The van der Waals surface area contributed by atoms with E-state index in [0.29, 0.717) is 6.10 Å². The number of nitrogens with two attached hydrogens (primary N) is 1. The van der Waals surface area contributed by atoms with Crippen LogP contribution >= 0.6 is 0 Å². The molecule has 3 rings (SSSR count). The molecule has 1 fully saturated rings. The maximum absolute atomic E-state index is 8.78.